The molecule has 0 spiro atoms. The summed E-state index contributed by atoms with van der Waals surface area (Å²) in [6.45, 7) is 8.54. The summed E-state index contributed by atoms with van der Waals surface area (Å²) < 4.78 is 0. The second-order valence-corrected chi connectivity index (χ2v) is 3.76. The molecule has 11 heavy (non-hydrogen) atoms. The van der Waals surface area contributed by atoms with Gasteiger partial charge in [0.15, 0.2) is 0 Å². The van der Waals surface area contributed by atoms with E-state index in [4.69, 9.17) is 0 Å². The number of allylic oxidation sites excluding steroid dienone is 4. The smallest absolute Gasteiger partial charge is 0.0106 e. The Morgan fingerprint density at radius 3 is 2.91 bits per heavy atom. The minimum atomic E-state index is 0.152. The molecule has 1 aliphatic rings. The number of hydrogen-bond donors (Lipinski definition) is 0. The maximum atomic E-state index is 4.13. The second kappa shape index (κ2) is 3.25. The van der Waals surface area contributed by atoms with Gasteiger partial charge in [-0.15, -0.1) is 0 Å². The molecule has 0 aromatic heterocycles. The third-order valence-electron chi connectivity index (χ3n) is 2.03. The van der Waals surface area contributed by atoms with E-state index in [2.05, 4.69) is 39.0 Å². The van der Waals surface area contributed by atoms with Crippen LogP contribution >= 0.6 is 0 Å². The quantitative estimate of drug-likeness (QED) is 0.563. The lowest BCUT2D eigenvalue weighted by Crippen LogP contribution is -2.11. The van der Waals surface area contributed by atoms with Crippen molar-refractivity contribution >= 4 is 0 Å². The molecule has 1 radical (unpaired) electrons. The first-order valence-electron chi connectivity index (χ1n) is 4.37. The monoisotopic (exact) mass is 149 g/mol. The molecule has 1 rings (SSSR count). The summed E-state index contributed by atoms with van der Waals surface area (Å²) in [4.78, 5) is 0. The average Bonchev–Trinajstić information content (AvgIpc) is 1.85. The molecular formula is C11H17. The van der Waals surface area contributed by atoms with E-state index in [1.54, 1.807) is 5.57 Å². The van der Waals surface area contributed by atoms with Crippen LogP contribution in [0.2, 0.25) is 0 Å². The molecule has 0 amide bonds. The maximum absolute atomic E-state index is 4.13. The highest BCUT2D eigenvalue weighted by Crippen LogP contribution is 2.31. The Kier molecular flexibility index (Phi) is 2.53. The van der Waals surface area contributed by atoms with Gasteiger partial charge in [0, 0.05) is 0 Å². The lowest BCUT2D eigenvalue weighted by molar-refractivity contribution is 0.521. The van der Waals surface area contributed by atoms with Crippen LogP contribution in [0.1, 0.15) is 33.1 Å². The van der Waals surface area contributed by atoms with Gasteiger partial charge in [-0.25, -0.2) is 0 Å². The molecule has 1 unspecified atom stereocenters. The summed E-state index contributed by atoms with van der Waals surface area (Å²) in [5, 5.41) is 0. The van der Waals surface area contributed by atoms with Crippen molar-refractivity contribution in [1.29, 1.82) is 0 Å². The van der Waals surface area contributed by atoms with Crippen molar-refractivity contribution < 1.29 is 0 Å². The fraction of sp³-hybridized carbons (Fsp3) is 0.545. The molecule has 0 aromatic rings. The molecule has 0 aliphatic heterocycles. The first-order valence-corrected chi connectivity index (χ1v) is 4.37. The Balaban J connectivity index is 2.58. The van der Waals surface area contributed by atoms with Crippen molar-refractivity contribution in [3.8, 4) is 0 Å². The summed E-state index contributed by atoms with van der Waals surface area (Å²) in [5.74, 6) is 0. The standard InChI is InChI=1S/C11H17/c1-4-6-10-7-5-8-11(2,3)9-10/h5,7-8H,2,4,6,9H2,1,3H3. The van der Waals surface area contributed by atoms with Crippen LogP contribution < -0.4 is 0 Å². The topological polar surface area (TPSA) is 0 Å². The van der Waals surface area contributed by atoms with Gasteiger partial charge in [0.05, 0.1) is 0 Å². The second-order valence-electron chi connectivity index (χ2n) is 3.76. The van der Waals surface area contributed by atoms with Gasteiger partial charge in [0.1, 0.15) is 0 Å². The molecule has 0 saturated heterocycles. The molecule has 0 N–H and O–H groups in total. The largest absolute Gasteiger partial charge is 0.0783 e. The van der Waals surface area contributed by atoms with Crippen molar-refractivity contribution in [2.75, 3.05) is 0 Å². The summed E-state index contributed by atoms with van der Waals surface area (Å²) >= 11 is 0. The Morgan fingerprint density at radius 2 is 2.36 bits per heavy atom. The van der Waals surface area contributed by atoms with Crippen LogP contribution in [-0.4, -0.2) is 0 Å². The van der Waals surface area contributed by atoms with Gasteiger partial charge in [-0.1, -0.05) is 44.1 Å². The molecule has 0 heteroatoms. The zero-order chi connectivity index (χ0) is 8.32. The number of rotatable bonds is 2. The van der Waals surface area contributed by atoms with Crippen LogP contribution in [0, 0.1) is 12.3 Å². The minimum Gasteiger partial charge on any atom is -0.0783 e. The van der Waals surface area contributed by atoms with Crippen molar-refractivity contribution in [3.05, 3.63) is 30.7 Å². The van der Waals surface area contributed by atoms with Gasteiger partial charge >= 0.3 is 0 Å². The Hall–Kier alpha value is -0.520. The van der Waals surface area contributed by atoms with E-state index in [-0.39, 0.29) is 5.41 Å². The predicted octanol–water partition coefficient (Wildman–Crippen LogP) is 3.51. The van der Waals surface area contributed by atoms with Crippen LogP contribution in [0.15, 0.2) is 23.8 Å². The zero-order valence-electron chi connectivity index (χ0n) is 7.56. The normalized spacial score (nSPS) is 21.5. The van der Waals surface area contributed by atoms with E-state index in [0.717, 1.165) is 6.42 Å². The summed E-state index contributed by atoms with van der Waals surface area (Å²) in [7, 11) is 0. The molecular weight excluding hydrogens is 132 g/mol. The lowest BCUT2D eigenvalue weighted by Gasteiger charge is -2.24. The van der Waals surface area contributed by atoms with E-state index >= 15 is 0 Å². The predicted molar refractivity (Wildman–Crippen MR) is 50.2 cm³/mol. The molecule has 0 fully saturated rings. The molecule has 0 saturated carbocycles. The van der Waals surface area contributed by atoms with Crippen LogP contribution in [0.3, 0.4) is 0 Å². The van der Waals surface area contributed by atoms with E-state index in [1.807, 2.05) is 0 Å². The van der Waals surface area contributed by atoms with Gasteiger partial charge < -0.3 is 0 Å². The SMILES string of the molecule is [CH2]C1(C)C=CC=C(CCC)C1. The van der Waals surface area contributed by atoms with Gasteiger partial charge in [0.2, 0.25) is 0 Å². The average molecular weight is 149 g/mol. The van der Waals surface area contributed by atoms with Crippen molar-refractivity contribution in [3.63, 3.8) is 0 Å². The van der Waals surface area contributed by atoms with E-state index in [0.29, 0.717) is 0 Å². The first kappa shape index (κ1) is 8.58. The Labute approximate surface area is 70.0 Å². The molecule has 0 bridgehead atoms. The van der Waals surface area contributed by atoms with Crippen LogP contribution in [0.5, 0.6) is 0 Å². The third kappa shape index (κ3) is 2.53. The highest BCUT2D eigenvalue weighted by atomic mass is 14.2. The van der Waals surface area contributed by atoms with Crippen molar-refractivity contribution in [2.45, 2.75) is 33.1 Å². The maximum Gasteiger partial charge on any atom is -0.0106 e. The molecule has 1 aliphatic carbocycles. The molecule has 0 aromatic carbocycles. The van der Waals surface area contributed by atoms with Gasteiger partial charge in [-0.3, -0.25) is 0 Å². The van der Waals surface area contributed by atoms with E-state index < -0.39 is 0 Å². The highest BCUT2D eigenvalue weighted by molar-refractivity contribution is 5.23. The first-order chi connectivity index (χ1) is 5.14. The zero-order valence-corrected chi connectivity index (χ0v) is 7.56. The summed E-state index contributed by atoms with van der Waals surface area (Å²) in [5.41, 5.74) is 1.70. The van der Waals surface area contributed by atoms with Gasteiger partial charge in [0.25, 0.3) is 0 Å². The summed E-state index contributed by atoms with van der Waals surface area (Å²) in [6.07, 6.45) is 10.2. The molecule has 1 atom stereocenters. The van der Waals surface area contributed by atoms with E-state index in [9.17, 15) is 0 Å². The van der Waals surface area contributed by atoms with Crippen molar-refractivity contribution in [1.82, 2.24) is 0 Å². The lowest BCUT2D eigenvalue weighted by atomic mass is 9.81. The van der Waals surface area contributed by atoms with Gasteiger partial charge in [-0.2, -0.15) is 0 Å². The number of hydrogen-bond acceptors (Lipinski definition) is 0. The Morgan fingerprint density at radius 1 is 1.64 bits per heavy atom. The fourth-order valence-corrected chi connectivity index (χ4v) is 1.55. The van der Waals surface area contributed by atoms with Crippen LogP contribution in [0.4, 0.5) is 0 Å². The minimum absolute atomic E-state index is 0.152. The van der Waals surface area contributed by atoms with Crippen molar-refractivity contribution in [2.24, 2.45) is 5.41 Å². The van der Waals surface area contributed by atoms with E-state index in [1.165, 1.54) is 12.8 Å². The summed E-state index contributed by atoms with van der Waals surface area (Å²) in [6, 6.07) is 0. The molecule has 0 nitrogen and oxygen atoms in total. The molecule has 61 valence electrons. The highest BCUT2D eigenvalue weighted by Gasteiger charge is 2.17. The third-order valence-corrected chi connectivity index (χ3v) is 2.03. The van der Waals surface area contributed by atoms with Crippen LogP contribution in [-0.2, 0) is 0 Å². The molecule has 0 heterocycles. The van der Waals surface area contributed by atoms with Gasteiger partial charge in [-0.05, 0) is 25.2 Å². The Bertz CT molecular complexity index is 182. The fourth-order valence-electron chi connectivity index (χ4n) is 1.55. The van der Waals surface area contributed by atoms with Crippen LogP contribution in [0.25, 0.3) is 0 Å².